The van der Waals surface area contributed by atoms with Crippen LogP contribution in [-0.4, -0.2) is 63.7 Å². The van der Waals surface area contributed by atoms with E-state index in [9.17, 15) is 4.79 Å². The molecule has 1 fully saturated rings. The highest BCUT2D eigenvalue weighted by molar-refractivity contribution is 5.99. The third-order valence-corrected chi connectivity index (χ3v) is 4.37. The molecule has 1 aliphatic heterocycles. The van der Waals surface area contributed by atoms with Gasteiger partial charge in [0.25, 0.3) is 0 Å². The lowest BCUT2D eigenvalue weighted by molar-refractivity contribution is 0.0370. The van der Waals surface area contributed by atoms with Crippen LogP contribution in [0.5, 0.6) is 5.75 Å². The number of rotatable bonds is 8. The Kier molecular flexibility index (Phi) is 6.86. The number of ketones is 1. The van der Waals surface area contributed by atoms with Gasteiger partial charge in [-0.05, 0) is 26.0 Å². The Hall–Kier alpha value is -1.59. The second-order valence-corrected chi connectivity index (χ2v) is 5.68. The van der Waals surface area contributed by atoms with Gasteiger partial charge in [0.15, 0.2) is 5.78 Å². The van der Waals surface area contributed by atoms with Crippen LogP contribution in [-0.2, 0) is 4.74 Å². The van der Waals surface area contributed by atoms with E-state index in [1.165, 1.54) is 0 Å². The molecule has 23 heavy (non-hydrogen) atoms. The molecule has 0 atom stereocenters. The molecule has 1 aromatic rings. The molecule has 1 saturated heterocycles. The van der Waals surface area contributed by atoms with Crippen LogP contribution in [0, 0.1) is 0 Å². The van der Waals surface area contributed by atoms with Gasteiger partial charge in [-0.1, -0.05) is 0 Å². The molecule has 1 aromatic carbocycles. The molecule has 0 N–H and O–H groups in total. The highest BCUT2D eigenvalue weighted by Gasteiger charge is 2.17. The minimum atomic E-state index is 0.138. The standard InChI is InChI=1S/C18H28N2O3/c1-4-20(5-2)15-6-7-16(18(14-15)22-3)17(21)8-9-19-10-12-23-13-11-19/h6-7,14H,4-5,8-13H2,1-3H3. The normalized spacial score (nSPS) is 15.4. The molecule has 0 aliphatic carbocycles. The van der Waals surface area contributed by atoms with Crippen LogP contribution in [0.2, 0.25) is 0 Å². The zero-order valence-electron chi connectivity index (χ0n) is 14.5. The summed E-state index contributed by atoms with van der Waals surface area (Å²) in [5.74, 6) is 0.806. The number of hydrogen-bond acceptors (Lipinski definition) is 5. The summed E-state index contributed by atoms with van der Waals surface area (Å²) < 4.78 is 10.8. The molecule has 0 amide bonds. The van der Waals surface area contributed by atoms with Gasteiger partial charge in [0.1, 0.15) is 5.75 Å². The first-order valence-electron chi connectivity index (χ1n) is 8.45. The van der Waals surface area contributed by atoms with Crippen LogP contribution in [0.4, 0.5) is 5.69 Å². The highest BCUT2D eigenvalue weighted by atomic mass is 16.5. The van der Waals surface area contributed by atoms with Crippen LogP contribution >= 0.6 is 0 Å². The second-order valence-electron chi connectivity index (χ2n) is 5.68. The Morgan fingerprint density at radius 3 is 2.57 bits per heavy atom. The lowest BCUT2D eigenvalue weighted by atomic mass is 10.1. The number of anilines is 1. The topological polar surface area (TPSA) is 42.0 Å². The Morgan fingerprint density at radius 2 is 1.96 bits per heavy atom. The average Bonchev–Trinajstić information content (AvgIpc) is 2.61. The second kappa shape index (κ2) is 8.89. The van der Waals surface area contributed by atoms with Gasteiger partial charge < -0.3 is 14.4 Å². The lowest BCUT2D eigenvalue weighted by Crippen LogP contribution is -2.37. The highest BCUT2D eigenvalue weighted by Crippen LogP contribution is 2.26. The van der Waals surface area contributed by atoms with Crippen LogP contribution in [0.25, 0.3) is 0 Å². The Balaban J connectivity index is 2.03. The zero-order chi connectivity index (χ0) is 16.7. The van der Waals surface area contributed by atoms with Gasteiger partial charge in [-0.15, -0.1) is 0 Å². The van der Waals surface area contributed by atoms with E-state index < -0.39 is 0 Å². The molecule has 5 heteroatoms. The Bertz CT molecular complexity index is 509. The zero-order valence-corrected chi connectivity index (χ0v) is 14.5. The predicted molar refractivity (Wildman–Crippen MR) is 92.8 cm³/mol. The van der Waals surface area contributed by atoms with Crippen molar-refractivity contribution in [2.75, 3.05) is 57.9 Å². The molecule has 5 nitrogen and oxygen atoms in total. The molecule has 0 radical (unpaired) electrons. The van der Waals surface area contributed by atoms with Crippen molar-refractivity contribution in [3.8, 4) is 5.75 Å². The van der Waals surface area contributed by atoms with Crippen LogP contribution < -0.4 is 9.64 Å². The number of ether oxygens (including phenoxy) is 2. The van der Waals surface area contributed by atoms with Crippen molar-refractivity contribution in [1.82, 2.24) is 4.90 Å². The molecule has 2 rings (SSSR count). The van der Waals surface area contributed by atoms with Crippen LogP contribution in [0.3, 0.4) is 0 Å². The number of morpholine rings is 1. The Labute approximate surface area is 139 Å². The van der Waals surface area contributed by atoms with E-state index in [1.54, 1.807) is 7.11 Å². The van der Waals surface area contributed by atoms with E-state index >= 15 is 0 Å². The van der Waals surface area contributed by atoms with Crippen molar-refractivity contribution in [1.29, 1.82) is 0 Å². The fourth-order valence-electron chi connectivity index (χ4n) is 2.91. The average molecular weight is 320 g/mol. The summed E-state index contributed by atoms with van der Waals surface area (Å²) in [5, 5.41) is 0. The van der Waals surface area contributed by atoms with Crippen molar-refractivity contribution < 1.29 is 14.3 Å². The maximum atomic E-state index is 12.5. The first kappa shape index (κ1) is 17.8. The van der Waals surface area contributed by atoms with Gasteiger partial charge in [-0.2, -0.15) is 0 Å². The third kappa shape index (κ3) is 4.69. The fraction of sp³-hybridized carbons (Fsp3) is 0.611. The van der Waals surface area contributed by atoms with Gasteiger partial charge in [0.05, 0.1) is 25.9 Å². The smallest absolute Gasteiger partial charge is 0.167 e. The summed E-state index contributed by atoms with van der Waals surface area (Å²) in [5.41, 5.74) is 1.77. The van der Waals surface area contributed by atoms with Crippen LogP contribution in [0.1, 0.15) is 30.6 Å². The fourth-order valence-corrected chi connectivity index (χ4v) is 2.91. The minimum Gasteiger partial charge on any atom is -0.496 e. The molecule has 0 spiro atoms. The predicted octanol–water partition coefficient (Wildman–Crippen LogP) is 2.45. The summed E-state index contributed by atoms with van der Waals surface area (Å²) in [6, 6.07) is 5.88. The molecule has 0 saturated carbocycles. The molecular formula is C18H28N2O3. The third-order valence-electron chi connectivity index (χ3n) is 4.37. The summed E-state index contributed by atoms with van der Waals surface area (Å²) >= 11 is 0. The summed E-state index contributed by atoms with van der Waals surface area (Å²) in [7, 11) is 1.63. The van der Waals surface area contributed by atoms with E-state index in [0.717, 1.165) is 51.6 Å². The van der Waals surface area contributed by atoms with Crippen LogP contribution in [0.15, 0.2) is 18.2 Å². The molecule has 128 valence electrons. The van der Waals surface area contributed by atoms with E-state index in [-0.39, 0.29) is 5.78 Å². The van der Waals surface area contributed by atoms with E-state index in [1.807, 2.05) is 18.2 Å². The van der Waals surface area contributed by atoms with Gasteiger partial charge >= 0.3 is 0 Å². The minimum absolute atomic E-state index is 0.138. The molecule has 0 aromatic heterocycles. The van der Waals surface area contributed by atoms with E-state index in [0.29, 0.717) is 17.7 Å². The molecule has 1 aliphatic rings. The summed E-state index contributed by atoms with van der Waals surface area (Å²) in [6.45, 7) is 10.2. The monoisotopic (exact) mass is 320 g/mol. The summed E-state index contributed by atoms with van der Waals surface area (Å²) in [6.07, 6.45) is 0.515. The quantitative estimate of drug-likeness (QED) is 0.688. The van der Waals surface area contributed by atoms with Crippen molar-refractivity contribution in [3.63, 3.8) is 0 Å². The summed E-state index contributed by atoms with van der Waals surface area (Å²) in [4.78, 5) is 17.1. The van der Waals surface area contributed by atoms with Crippen molar-refractivity contribution in [2.45, 2.75) is 20.3 Å². The molecule has 0 bridgehead atoms. The number of carbonyl (C=O) groups excluding carboxylic acids is 1. The number of nitrogens with zero attached hydrogens (tertiary/aromatic N) is 2. The maximum Gasteiger partial charge on any atom is 0.167 e. The van der Waals surface area contributed by atoms with E-state index in [4.69, 9.17) is 9.47 Å². The SMILES string of the molecule is CCN(CC)c1ccc(C(=O)CCN2CCOCC2)c(OC)c1. The Morgan fingerprint density at radius 1 is 1.26 bits per heavy atom. The van der Waals surface area contributed by atoms with E-state index in [2.05, 4.69) is 23.6 Å². The maximum absolute atomic E-state index is 12.5. The van der Waals surface area contributed by atoms with Gasteiger partial charge in [0.2, 0.25) is 0 Å². The molecule has 1 heterocycles. The molecule has 0 unspecified atom stereocenters. The van der Waals surface area contributed by atoms with Gasteiger partial charge in [-0.3, -0.25) is 9.69 Å². The lowest BCUT2D eigenvalue weighted by Gasteiger charge is -2.26. The number of benzene rings is 1. The number of carbonyl (C=O) groups is 1. The largest absolute Gasteiger partial charge is 0.496 e. The van der Waals surface area contributed by atoms with Crippen molar-refractivity contribution in [2.24, 2.45) is 0 Å². The number of methoxy groups -OCH3 is 1. The number of hydrogen-bond donors (Lipinski definition) is 0. The first-order chi connectivity index (χ1) is 11.2. The van der Waals surface area contributed by atoms with Crippen molar-refractivity contribution in [3.05, 3.63) is 23.8 Å². The number of Topliss-reactive ketones (excluding diaryl/α,β-unsaturated/α-hetero) is 1. The van der Waals surface area contributed by atoms with Gasteiger partial charge in [-0.25, -0.2) is 0 Å². The van der Waals surface area contributed by atoms with Gasteiger partial charge in [0, 0.05) is 50.9 Å². The molecular weight excluding hydrogens is 292 g/mol. The van der Waals surface area contributed by atoms with Crippen molar-refractivity contribution >= 4 is 11.5 Å². The first-order valence-corrected chi connectivity index (χ1v) is 8.45.